The average molecular weight is 440 g/mol. The number of benzene rings is 2. The Balaban J connectivity index is 1.41. The zero-order valence-electron chi connectivity index (χ0n) is 16.1. The first-order valence-electron chi connectivity index (χ1n) is 9.28. The van der Waals surface area contributed by atoms with Crippen molar-refractivity contribution in [2.45, 2.75) is 13.3 Å². The summed E-state index contributed by atoms with van der Waals surface area (Å²) in [5.41, 5.74) is 2.96. The van der Waals surface area contributed by atoms with E-state index in [2.05, 4.69) is 15.6 Å². The number of aromatic nitrogens is 1. The number of amides is 2. The molecule has 0 aliphatic heterocycles. The van der Waals surface area contributed by atoms with Gasteiger partial charge in [0.1, 0.15) is 11.3 Å². The first-order chi connectivity index (χ1) is 14.5. The van der Waals surface area contributed by atoms with Crippen molar-refractivity contribution in [2.24, 2.45) is 0 Å². The van der Waals surface area contributed by atoms with Gasteiger partial charge in [-0.05, 0) is 48.4 Å². The molecule has 0 fully saturated rings. The smallest absolute Gasteiger partial charge is 0.257 e. The van der Waals surface area contributed by atoms with Crippen molar-refractivity contribution in [1.82, 2.24) is 10.3 Å². The molecule has 0 saturated heterocycles. The molecule has 4 rings (SSSR count). The Hall–Kier alpha value is -3.16. The third kappa shape index (κ3) is 4.69. The minimum absolute atomic E-state index is 0.0553. The standard InChI is InChI=1S/C22H18ClN3O3S/c1-13(27)24-9-8-14-2-4-15(5-3-14)21(28)26-22-25-18(12-30-22)20-11-16-10-17(23)6-7-19(16)29-20/h2-7,10-12H,8-9H2,1H3,(H,24,27)(H,25,26,28). The van der Waals surface area contributed by atoms with Crippen molar-refractivity contribution < 1.29 is 14.0 Å². The van der Waals surface area contributed by atoms with Crippen LogP contribution in [0.1, 0.15) is 22.8 Å². The first-order valence-corrected chi connectivity index (χ1v) is 10.5. The van der Waals surface area contributed by atoms with Crippen LogP contribution in [0.25, 0.3) is 22.4 Å². The third-order valence-electron chi connectivity index (χ3n) is 4.46. The van der Waals surface area contributed by atoms with Crippen LogP contribution in [-0.2, 0) is 11.2 Å². The van der Waals surface area contributed by atoms with E-state index in [4.69, 9.17) is 16.0 Å². The number of rotatable bonds is 6. The van der Waals surface area contributed by atoms with E-state index in [0.717, 1.165) is 16.5 Å². The molecule has 6 nitrogen and oxygen atoms in total. The normalized spacial score (nSPS) is 10.9. The summed E-state index contributed by atoms with van der Waals surface area (Å²) in [5, 5.41) is 9.43. The lowest BCUT2D eigenvalue weighted by Crippen LogP contribution is -2.22. The summed E-state index contributed by atoms with van der Waals surface area (Å²) >= 11 is 7.35. The minimum atomic E-state index is -0.235. The van der Waals surface area contributed by atoms with Crippen molar-refractivity contribution in [2.75, 3.05) is 11.9 Å². The fourth-order valence-corrected chi connectivity index (χ4v) is 3.84. The third-order valence-corrected chi connectivity index (χ3v) is 5.45. The Morgan fingerprint density at radius 3 is 2.70 bits per heavy atom. The highest BCUT2D eigenvalue weighted by atomic mass is 35.5. The fraction of sp³-hybridized carbons (Fsp3) is 0.136. The SMILES string of the molecule is CC(=O)NCCc1ccc(C(=O)Nc2nc(-c3cc4cc(Cl)ccc4o3)cs2)cc1. The Kier molecular flexibility index (Phi) is 5.83. The molecular weight excluding hydrogens is 422 g/mol. The van der Waals surface area contributed by atoms with E-state index in [-0.39, 0.29) is 11.8 Å². The molecule has 0 bridgehead atoms. The molecule has 152 valence electrons. The summed E-state index contributed by atoms with van der Waals surface area (Å²) in [6, 6.07) is 14.6. The lowest BCUT2D eigenvalue weighted by Gasteiger charge is -2.05. The average Bonchev–Trinajstić information content (AvgIpc) is 3.34. The molecule has 0 unspecified atom stereocenters. The second-order valence-corrected chi connectivity index (χ2v) is 8.01. The van der Waals surface area contributed by atoms with E-state index in [1.165, 1.54) is 18.3 Å². The summed E-state index contributed by atoms with van der Waals surface area (Å²) in [6.07, 6.45) is 0.708. The molecule has 0 aliphatic rings. The van der Waals surface area contributed by atoms with Gasteiger partial charge in [-0.3, -0.25) is 14.9 Å². The number of hydrogen-bond acceptors (Lipinski definition) is 5. The molecule has 2 heterocycles. The monoisotopic (exact) mass is 439 g/mol. The van der Waals surface area contributed by atoms with Crippen molar-refractivity contribution in [3.63, 3.8) is 0 Å². The van der Waals surface area contributed by atoms with Gasteiger partial charge in [-0.25, -0.2) is 4.98 Å². The predicted octanol–water partition coefficient (Wildman–Crippen LogP) is 5.14. The number of halogens is 1. The zero-order valence-corrected chi connectivity index (χ0v) is 17.6. The Bertz CT molecular complexity index is 1210. The van der Waals surface area contributed by atoms with Crippen LogP contribution in [0, 0.1) is 0 Å². The molecule has 2 aromatic carbocycles. The zero-order chi connectivity index (χ0) is 21.1. The van der Waals surface area contributed by atoms with Crippen LogP contribution in [0.3, 0.4) is 0 Å². The number of furan rings is 1. The number of nitrogens with zero attached hydrogens (tertiary/aromatic N) is 1. The van der Waals surface area contributed by atoms with Gasteiger partial charge in [0.2, 0.25) is 5.91 Å². The quantitative estimate of drug-likeness (QED) is 0.435. The van der Waals surface area contributed by atoms with E-state index >= 15 is 0 Å². The number of anilines is 1. The minimum Gasteiger partial charge on any atom is -0.454 e. The summed E-state index contributed by atoms with van der Waals surface area (Å²) in [6.45, 7) is 2.05. The molecule has 30 heavy (non-hydrogen) atoms. The van der Waals surface area contributed by atoms with Gasteiger partial charge in [-0.1, -0.05) is 23.7 Å². The van der Waals surface area contributed by atoms with E-state index < -0.39 is 0 Å². The van der Waals surface area contributed by atoms with E-state index in [9.17, 15) is 9.59 Å². The van der Waals surface area contributed by atoms with Crippen LogP contribution < -0.4 is 10.6 Å². The maximum Gasteiger partial charge on any atom is 0.257 e. The van der Waals surface area contributed by atoms with Crippen LogP contribution in [0.2, 0.25) is 5.02 Å². The van der Waals surface area contributed by atoms with Gasteiger partial charge >= 0.3 is 0 Å². The van der Waals surface area contributed by atoms with Gasteiger partial charge in [-0.15, -0.1) is 11.3 Å². The Labute approximate surface area is 181 Å². The molecule has 0 aliphatic carbocycles. The maximum atomic E-state index is 12.5. The summed E-state index contributed by atoms with van der Waals surface area (Å²) < 4.78 is 5.82. The molecule has 2 N–H and O–H groups in total. The highest BCUT2D eigenvalue weighted by molar-refractivity contribution is 7.14. The molecule has 4 aromatic rings. The van der Waals surface area contributed by atoms with Gasteiger partial charge in [0.15, 0.2) is 10.9 Å². The fourth-order valence-electron chi connectivity index (χ4n) is 2.96. The molecule has 2 aromatic heterocycles. The number of carbonyl (C=O) groups is 2. The van der Waals surface area contributed by atoms with Crippen LogP contribution in [-0.4, -0.2) is 23.3 Å². The number of nitrogens with one attached hydrogen (secondary N) is 2. The predicted molar refractivity (Wildman–Crippen MR) is 119 cm³/mol. The van der Waals surface area contributed by atoms with Gasteiger partial charge in [-0.2, -0.15) is 0 Å². The van der Waals surface area contributed by atoms with Crippen LogP contribution in [0.4, 0.5) is 5.13 Å². The Morgan fingerprint density at radius 2 is 1.93 bits per heavy atom. The van der Waals surface area contributed by atoms with E-state index in [0.29, 0.717) is 40.1 Å². The van der Waals surface area contributed by atoms with Gasteiger partial charge < -0.3 is 9.73 Å². The molecule has 8 heteroatoms. The van der Waals surface area contributed by atoms with Crippen molar-refractivity contribution in [3.8, 4) is 11.5 Å². The maximum absolute atomic E-state index is 12.5. The number of hydrogen-bond donors (Lipinski definition) is 2. The summed E-state index contributed by atoms with van der Waals surface area (Å²) in [5.74, 6) is 0.327. The van der Waals surface area contributed by atoms with E-state index in [1.54, 1.807) is 18.2 Å². The molecular formula is C22H18ClN3O3S. The largest absolute Gasteiger partial charge is 0.454 e. The van der Waals surface area contributed by atoms with Crippen molar-refractivity contribution >= 4 is 50.9 Å². The van der Waals surface area contributed by atoms with Crippen molar-refractivity contribution in [3.05, 3.63) is 70.1 Å². The van der Waals surface area contributed by atoms with Gasteiger partial charge in [0.05, 0.1) is 0 Å². The second kappa shape index (κ2) is 8.69. The second-order valence-electron chi connectivity index (χ2n) is 6.71. The molecule has 2 amide bonds. The lowest BCUT2D eigenvalue weighted by atomic mass is 10.1. The van der Waals surface area contributed by atoms with Crippen LogP contribution >= 0.6 is 22.9 Å². The summed E-state index contributed by atoms with van der Waals surface area (Å²) in [4.78, 5) is 27.9. The summed E-state index contributed by atoms with van der Waals surface area (Å²) in [7, 11) is 0. The van der Waals surface area contributed by atoms with E-state index in [1.807, 2.05) is 35.7 Å². The van der Waals surface area contributed by atoms with Gasteiger partial charge in [0, 0.05) is 34.8 Å². The molecule has 0 saturated carbocycles. The molecule has 0 atom stereocenters. The topological polar surface area (TPSA) is 84.2 Å². The highest BCUT2D eigenvalue weighted by Gasteiger charge is 2.13. The number of carbonyl (C=O) groups excluding carboxylic acids is 2. The molecule has 0 radical (unpaired) electrons. The van der Waals surface area contributed by atoms with Crippen molar-refractivity contribution in [1.29, 1.82) is 0 Å². The number of fused-ring (bicyclic) bond motifs is 1. The number of thiazole rings is 1. The van der Waals surface area contributed by atoms with Crippen LogP contribution in [0.15, 0.2) is 58.3 Å². The lowest BCUT2D eigenvalue weighted by molar-refractivity contribution is -0.118. The van der Waals surface area contributed by atoms with Crippen LogP contribution in [0.5, 0.6) is 0 Å². The molecule has 0 spiro atoms. The first kappa shape index (κ1) is 20.1. The van der Waals surface area contributed by atoms with Gasteiger partial charge in [0.25, 0.3) is 5.91 Å². The Morgan fingerprint density at radius 1 is 1.13 bits per heavy atom. The highest BCUT2D eigenvalue weighted by Crippen LogP contribution is 2.31.